The number of halogens is 2. The third kappa shape index (κ3) is 4.98. The van der Waals surface area contributed by atoms with Crippen molar-refractivity contribution in [2.75, 3.05) is 11.9 Å². The molecule has 1 aromatic carbocycles. The van der Waals surface area contributed by atoms with E-state index in [4.69, 9.17) is 10.5 Å². The van der Waals surface area contributed by atoms with E-state index in [1.54, 1.807) is 6.07 Å². The van der Waals surface area contributed by atoms with E-state index in [9.17, 15) is 9.18 Å². The number of aryl methyl sites for hydroxylation is 1. The molecule has 2 heterocycles. The number of rotatable bonds is 5. The van der Waals surface area contributed by atoms with E-state index in [2.05, 4.69) is 10.3 Å². The van der Waals surface area contributed by atoms with Gasteiger partial charge in [0.05, 0.1) is 11.8 Å². The van der Waals surface area contributed by atoms with Crippen molar-refractivity contribution >= 4 is 34.8 Å². The van der Waals surface area contributed by atoms with Crippen molar-refractivity contribution in [1.29, 1.82) is 0 Å². The standard InChI is InChI=1S/C17H20FN3O2S.ClH/c1-10-15(8-11-3-2-4-12(18)7-11)24-17(20-10)21-16(22)14-6-5-13(9-19)23-14;/h2-4,7,13-14H,5-6,8-9,19H2,1H3,(H,20,21,22);1H/t13-,14+;/m1./s1. The smallest absolute Gasteiger partial charge is 0.255 e. The fraction of sp³-hybridized carbons (Fsp3) is 0.412. The van der Waals surface area contributed by atoms with Crippen LogP contribution < -0.4 is 11.1 Å². The molecule has 0 radical (unpaired) electrons. The van der Waals surface area contributed by atoms with Crippen LogP contribution in [0, 0.1) is 12.7 Å². The number of anilines is 1. The van der Waals surface area contributed by atoms with Gasteiger partial charge in [-0.3, -0.25) is 10.1 Å². The Balaban J connectivity index is 0.00000225. The van der Waals surface area contributed by atoms with Gasteiger partial charge in [0.25, 0.3) is 5.91 Å². The molecular weight excluding hydrogens is 365 g/mol. The second-order valence-corrected chi connectivity index (χ2v) is 6.97. The summed E-state index contributed by atoms with van der Waals surface area (Å²) in [4.78, 5) is 17.6. The summed E-state index contributed by atoms with van der Waals surface area (Å²) in [5.41, 5.74) is 7.28. The molecule has 0 saturated carbocycles. The number of ether oxygens (including phenoxy) is 1. The van der Waals surface area contributed by atoms with Gasteiger partial charge in [-0.15, -0.1) is 23.7 Å². The van der Waals surface area contributed by atoms with Gasteiger partial charge in [-0.2, -0.15) is 0 Å². The van der Waals surface area contributed by atoms with Gasteiger partial charge in [0, 0.05) is 17.8 Å². The Morgan fingerprint density at radius 1 is 1.48 bits per heavy atom. The molecular formula is C17H21ClFN3O2S. The molecule has 25 heavy (non-hydrogen) atoms. The van der Waals surface area contributed by atoms with Crippen molar-refractivity contribution < 1.29 is 13.9 Å². The molecule has 3 N–H and O–H groups in total. The van der Waals surface area contributed by atoms with E-state index in [0.29, 0.717) is 24.5 Å². The summed E-state index contributed by atoms with van der Waals surface area (Å²) < 4.78 is 18.9. The molecule has 2 aromatic rings. The van der Waals surface area contributed by atoms with E-state index >= 15 is 0 Å². The summed E-state index contributed by atoms with van der Waals surface area (Å²) in [7, 11) is 0. The average Bonchev–Trinajstić information content (AvgIpc) is 3.15. The van der Waals surface area contributed by atoms with Crippen molar-refractivity contribution in [2.45, 2.75) is 38.4 Å². The number of aromatic nitrogens is 1. The van der Waals surface area contributed by atoms with Crippen LogP contribution in [0.25, 0.3) is 0 Å². The van der Waals surface area contributed by atoms with Crippen molar-refractivity contribution in [1.82, 2.24) is 4.98 Å². The van der Waals surface area contributed by atoms with E-state index in [1.807, 2.05) is 13.0 Å². The minimum Gasteiger partial charge on any atom is -0.364 e. The van der Waals surface area contributed by atoms with Crippen LogP contribution in [0.4, 0.5) is 9.52 Å². The summed E-state index contributed by atoms with van der Waals surface area (Å²) >= 11 is 1.41. The van der Waals surface area contributed by atoms with Crippen molar-refractivity contribution in [3.63, 3.8) is 0 Å². The summed E-state index contributed by atoms with van der Waals surface area (Å²) in [6.07, 6.45) is 1.56. The molecule has 2 atom stereocenters. The monoisotopic (exact) mass is 385 g/mol. The molecule has 0 bridgehead atoms. The van der Waals surface area contributed by atoms with Gasteiger partial charge in [-0.1, -0.05) is 12.1 Å². The molecule has 1 aliphatic rings. The lowest BCUT2D eigenvalue weighted by molar-refractivity contribution is -0.126. The molecule has 0 aliphatic carbocycles. The first-order valence-electron chi connectivity index (χ1n) is 7.92. The maximum atomic E-state index is 13.3. The molecule has 1 aromatic heterocycles. The van der Waals surface area contributed by atoms with Crippen LogP contribution in [-0.2, 0) is 16.0 Å². The second kappa shape index (κ2) is 8.71. The first kappa shape index (κ1) is 19.8. The lowest BCUT2D eigenvalue weighted by Crippen LogP contribution is -2.29. The summed E-state index contributed by atoms with van der Waals surface area (Å²) in [6, 6.07) is 6.50. The summed E-state index contributed by atoms with van der Waals surface area (Å²) in [5, 5.41) is 3.36. The van der Waals surface area contributed by atoms with Gasteiger partial charge in [-0.05, 0) is 37.5 Å². The van der Waals surface area contributed by atoms with Gasteiger partial charge in [-0.25, -0.2) is 9.37 Å². The largest absolute Gasteiger partial charge is 0.364 e. The normalized spacial score (nSPS) is 19.5. The number of thiazole rings is 1. The first-order chi connectivity index (χ1) is 11.5. The third-order valence-electron chi connectivity index (χ3n) is 4.04. The van der Waals surface area contributed by atoms with Gasteiger partial charge in [0.1, 0.15) is 11.9 Å². The van der Waals surface area contributed by atoms with Gasteiger partial charge in [0.2, 0.25) is 0 Å². The topological polar surface area (TPSA) is 77.2 Å². The highest BCUT2D eigenvalue weighted by Crippen LogP contribution is 2.27. The van der Waals surface area contributed by atoms with Crippen molar-refractivity contribution in [2.24, 2.45) is 5.73 Å². The van der Waals surface area contributed by atoms with Crippen LogP contribution in [0.5, 0.6) is 0 Å². The van der Waals surface area contributed by atoms with Crippen LogP contribution in [0.1, 0.15) is 29.0 Å². The molecule has 1 aliphatic heterocycles. The third-order valence-corrected chi connectivity index (χ3v) is 5.11. The molecule has 3 rings (SSSR count). The first-order valence-corrected chi connectivity index (χ1v) is 8.74. The molecule has 1 amide bonds. The number of nitrogens with one attached hydrogen (secondary N) is 1. The minimum atomic E-state index is -0.463. The van der Waals surface area contributed by atoms with Gasteiger partial charge in [0.15, 0.2) is 5.13 Å². The highest BCUT2D eigenvalue weighted by atomic mass is 35.5. The number of carbonyl (C=O) groups excluding carboxylic acids is 1. The Hall–Kier alpha value is -1.54. The number of nitrogens with two attached hydrogens (primary N) is 1. The maximum Gasteiger partial charge on any atom is 0.255 e. The molecule has 8 heteroatoms. The SMILES string of the molecule is Cc1nc(NC(=O)[C@@H]2CC[C@H](CN)O2)sc1Cc1cccc(F)c1.Cl. The molecule has 0 unspecified atom stereocenters. The van der Waals surface area contributed by atoms with E-state index in [1.165, 1.54) is 23.5 Å². The van der Waals surface area contributed by atoms with E-state index in [-0.39, 0.29) is 30.2 Å². The predicted molar refractivity (Wildman–Crippen MR) is 98.9 cm³/mol. The zero-order valence-electron chi connectivity index (χ0n) is 13.8. The highest BCUT2D eigenvalue weighted by molar-refractivity contribution is 7.15. The molecule has 5 nitrogen and oxygen atoms in total. The zero-order chi connectivity index (χ0) is 17.1. The van der Waals surface area contributed by atoms with Crippen LogP contribution in [0.2, 0.25) is 0 Å². The van der Waals surface area contributed by atoms with Crippen LogP contribution in [0.15, 0.2) is 24.3 Å². The lowest BCUT2D eigenvalue weighted by Gasteiger charge is -2.11. The minimum absolute atomic E-state index is 0. The van der Waals surface area contributed by atoms with E-state index in [0.717, 1.165) is 22.6 Å². The number of amides is 1. The fourth-order valence-corrected chi connectivity index (χ4v) is 3.74. The van der Waals surface area contributed by atoms with Crippen molar-refractivity contribution in [3.8, 4) is 0 Å². The Morgan fingerprint density at radius 3 is 2.96 bits per heavy atom. The zero-order valence-corrected chi connectivity index (χ0v) is 15.5. The molecule has 0 spiro atoms. The Bertz CT molecular complexity index is 740. The quantitative estimate of drug-likeness (QED) is 0.829. The number of carbonyl (C=O) groups is 1. The Kier molecular flexibility index (Phi) is 6.89. The van der Waals surface area contributed by atoms with Gasteiger partial charge < -0.3 is 10.5 Å². The van der Waals surface area contributed by atoms with Crippen LogP contribution in [-0.4, -0.2) is 29.6 Å². The van der Waals surface area contributed by atoms with Crippen LogP contribution in [0.3, 0.4) is 0 Å². The summed E-state index contributed by atoms with van der Waals surface area (Å²) in [6.45, 7) is 2.31. The molecule has 1 fully saturated rings. The molecule has 136 valence electrons. The average molecular weight is 386 g/mol. The lowest BCUT2D eigenvalue weighted by atomic mass is 10.1. The highest BCUT2D eigenvalue weighted by Gasteiger charge is 2.30. The van der Waals surface area contributed by atoms with Crippen LogP contribution >= 0.6 is 23.7 Å². The Labute approximate surface area is 156 Å². The number of nitrogens with zero attached hydrogens (tertiary/aromatic N) is 1. The number of benzene rings is 1. The number of hydrogen-bond acceptors (Lipinski definition) is 5. The summed E-state index contributed by atoms with van der Waals surface area (Å²) in [5.74, 6) is -0.437. The number of hydrogen-bond donors (Lipinski definition) is 2. The molecule has 1 saturated heterocycles. The van der Waals surface area contributed by atoms with Crippen molar-refractivity contribution in [3.05, 3.63) is 46.2 Å². The second-order valence-electron chi connectivity index (χ2n) is 5.88. The van der Waals surface area contributed by atoms with Gasteiger partial charge >= 0.3 is 0 Å². The fourth-order valence-electron chi connectivity index (χ4n) is 2.74. The predicted octanol–water partition coefficient (Wildman–Crippen LogP) is 3.05. The Morgan fingerprint density at radius 2 is 2.28 bits per heavy atom. The van der Waals surface area contributed by atoms with E-state index < -0.39 is 6.10 Å². The maximum absolute atomic E-state index is 13.3.